The summed E-state index contributed by atoms with van der Waals surface area (Å²) in [4.78, 5) is 55.0. The monoisotopic (exact) mass is 385 g/mol. The standard InChI is InChI=1S/C21H27N3O4/c1-13(2)17(25)22-8-10-23(11-9-22)18(26)14-6-7-15-16(12-14)20(28)24(19(15)27)21(3,4)5/h6-7,12-13H,8-11H2,1-5H3. The summed E-state index contributed by atoms with van der Waals surface area (Å²) in [6.07, 6.45) is 0. The number of benzene rings is 1. The van der Waals surface area contributed by atoms with Gasteiger partial charge in [0.15, 0.2) is 0 Å². The average Bonchev–Trinajstić information content (AvgIpc) is 2.90. The fraction of sp³-hybridized carbons (Fsp3) is 0.524. The molecule has 2 aliphatic rings. The van der Waals surface area contributed by atoms with Crippen molar-refractivity contribution in [3.05, 3.63) is 34.9 Å². The highest BCUT2D eigenvalue weighted by atomic mass is 16.2. The van der Waals surface area contributed by atoms with E-state index < -0.39 is 5.54 Å². The zero-order valence-electron chi connectivity index (χ0n) is 17.1. The van der Waals surface area contributed by atoms with Crippen LogP contribution in [-0.4, -0.2) is 70.0 Å². The lowest BCUT2D eigenvalue weighted by Gasteiger charge is -2.35. The maximum Gasteiger partial charge on any atom is 0.262 e. The summed E-state index contributed by atoms with van der Waals surface area (Å²) in [6, 6.07) is 4.69. The van der Waals surface area contributed by atoms with Gasteiger partial charge in [-0.05, 0) is 39.0 Å². The molecule has 0 bridgehead atoms. The van der Waals surface area contributed by atoms with Gasteiger partial charge in [0.25, 0.3) is 17.7 Å². The van der Waals surface area contributed by atoms with Crippen LogP contribution < -0.4 is 0 Å². The molecule has 150 valence electrons. The topological polar surface area (TPSA) is 78.0 Å². The number of hydrogen-bond donors (Lipinski definition) is 0. The van der Waals surface area contributed by atoms with Crippen molar-refractivity contribution in [2.75, 3.05) is 26.2 Å². The number of hydrogen-bond acceptors (Lipinski definition) is 4. The lowest BCUT2D eigenvalue weighted by atomic mass is 10.0. The van der Waals surface area contributed by atoms with Crippen molar-refractivity contribution in [3.63, 3.8) is 0 Å². The van der Waals surface area contributed by atoms with Crippen LogP contribution in [0.4, 0.5) is 0 Å². The Balaban J connectivity index is 1.76. The van der Waals surface area contributed by atoms with Crippen LogP contribution in [0.5, 0.6) is 0 Å². The highest BCUT2D eigenvalue weighted by Gasteiger charge is 2.42. The van der Waals surface area contributed by atoms with Crippen molar-refractivity contribution in [1.29, 1.82) is 0 Å². The molecule has 0 aromatic heterocycles. The number of fused-ring (bicyclic) bond motifs is 1. The first kappa shape index (κ1) is 20.0. The highest BCUT2D eigenvalue weighted by Crippen LogP contribution is 2.30. The van der Waals surface area contributed by atoms with Crippen LogP contribution in [0, 0.1) is 5.92 Å². The quantitative estimate of drug-likeness (QED) is 0.730. The Hall–Kier alpha value is -2.70. The zero-order chi connectivity index (χ0) is 20.8. The molecule has 1 fully saturated rings. The summed E-state index contributed by atoms with van der Waals surface area (Å²) in [5.74, 6) is -0.847. The van der Waals surface area contributed by atoms with Gasteiger partial charge in [0, 0.05) is 43.2 Å². The van der Waals surface area contributed by atoms with Gasteiger partial charge in [0.05, 0.1) is 11.1 Å². The molecule has 7 heteroatoms. The first-order chi connectivity index (χ1) is 13.0. The average molecular weight is 385 g/mol. The molecule has 3 rings (SSSR count). The van der Waals surface area contributed by atoms with E-state index in [2.05, 4.69) is 0 Å². The van der Waals surface area contributed by atoms with Crippen molar-refractivity contribution in [1.82, 2.24) is 14.7 Å². The number of carbonyl (C=O) groups is 4. The third kappa shape index (κ3) is 3.41. The van der Waals surface area contributed by atoms with E-state index in [1.54, 1.807) is 42.7 Å². The van der Waals surface area contributed by atoms with E-state index in [1.807, 2.05) is 13.8 Å². The van der Waals surface area contributed by atoms with Gasteiger partial charge in [-0.2, -0.15) is 0 Å². The molecule has 2 aliphatic heterocycles. The molecule has 7 nitrogen and oxygen atoms in total. The van der Waals surface area contributed by atoms with E-state index in [-0.39, 0.29) is 35.1 Å². The number of piperazine rings is 1. The molecule has 0 N–H and O–H groups in total. The largest absolute Gasteiger partial charge is 0.339 e. The van der Waals surface area contributed by atoms with Crippen LogP contribution in [0.3, 0.4) is 0 Å². The third-order valence-corrected chi connectivity index (χ3v) is 5.18. The summed E-state index contributed by atoms with van der Waals surface area (Å²) in [6.45, 7) is 11.1. The summed E-state index contributed by atoms with van der Waals surface area (Å²) in [5, 5.41) is 0. The van der Waals surface area contributed by atoms with Crippen LogP contribution in [0.15, 0.2) is 18.2 Å². The Morgan fingerprint density at radius 1 is 0.893 bits per heavy atom. The fourth-order valence-corrected chi connectivity index (χ4v) is 3.66. The summed E-state index contributed by atoms with van der Waals surface area (Å²) in [7, 11) is 0. The third-order valence-electron chi connectivity index (χ3n) is 5.18. The van der Waals surface area contributed by atoms with Crippen molar-refractivity contribution in [2.45, 2.75) is 40.2 Å². The van der Waals surface area contributed by atoms with Crippen molar-refractivity contribution in [3.8, 4) is 0 Å². The molecule has 28 heavy (non-hydrogen) atoms. The number of carbonyl (C=O) groups excluding carboxylic acids is 4. The van der Waals surface area contributed by atoms with Gasteiger partial charge in [0.2, 0.25) is 5.91 Å². The molecule has 1 aromatic rings. The zero-order valence-corrected chi connectivity index (χ0v) is 17.1. The molecule has 0 saturated carbocycles. The molecule has 0 radical (unpaired) electrons. The van der Waals surface area contributed by atoms with E-state index in [1.165, 1.54) is 11.0 Å². The Kier molecular flexibility index (Phi) is 5.04. The Bertz CT molecular complexity index is 846. The van der Waals surface area contributed by atoms with Gasteiger partial charge in [0.1, 0.15) is 0 Å². The van der Waals surface area contributed by atoms with Gasteiger partial charge in [-0.25, -0.2) is 0 Å². The fourth-order valence-electron chi connectivity index (χ4n) is 3.66. The minimum absolute atomic E-state index is 0.0618. The summed E-state index contributed by atoms with van der Waals surface area (Å²) in [5.41, 5.74) is 0.374. The van der Waals surface area contributed by atoms with Crippen LogP contribution >= 0.6 is 0 Å². The van der Waals surface area contributed by atoms with Gasteiger partial charge >= 0.3 is 0 Å². The second kappa shape index (κ2) is 7.04. The number of nitrogens with zero attached hydrogens (tertiary/aromatic N) is 3. The maximum absolute atomic E-state index is 12.9. The van der Waals surface area contributed by atoms with Crippen molar-refractivity contribution < 1.29 is 19.2 Å². The van der Waals surface area contributed by atoms with Crippen LogP contribution in [0.25, 0.3) is 0 Å². The second-order valence-electron chi connectivity index (χ2n) is 8.65. The minimum Gasteiger partial charge on any atom is -0.339 e. The summed E-state index contributed by atoms with van der Waals surface area (Å²) < 4.78 is 0. The molecule has 4 amide bonds. The van der Waals surface area contributed by atoms with Gasteiger partial charge in [-0.3, -0.25) is 24.1 Å². The normalized spacial score (nSPS) is 17.4. The van der Waals surface area contributed by atoms with Crippen LogP contribution in [0.1, 0.15) is 65.7 Å². The lowest BCUT2D eigenvalue weighted by molar-refractivity contribution is -0.135. The van der Waals surface area contributed by atoms with Gasteiger partial charge in [-0.15, -0.1) is 0 Å². The molecule has 0 unspecified atom stereocenters. The van der Waals surface area contributed by atoms with Gasteiger partial charge < -0.3 is 9.80 Å². The molecule has 1 saturated heterocycles. The smallest absolute Gasteiger partial charge is 0.262 e. The maximum atomic E-state index is 12.9. The lowest BCUT2D eigenvalue weighted by Crippen LogP contribution is -2.51. The molecule has 0 aliphatic carbocycles. The van der Waals surface area contributed by atoms with E-state index in [0.29, 0.717) is 37.3 Å². The van der Waals surface area contributed by atoms with E-state index >= 15 is 0 Å². The Labute approximate surface area is 165 Å². The molecule has 2 heterocycles. The summed E-state index contributed by atoms with van der Waals surface area (Å²) >= 11 is 0. The van der Waals surface area contributed by atoms with E-state index in [0.717, 1.165) is 0 Å². The first-order valence-corrected chi connectivity index (χ1v) is 9.63. The van der Waals surface area contributed by atoms with Crippen LogP contribution in [-0.2, 0) is 4.79 Å². The van der Waals surface area contributed by atoms with E-state index in [4.69, 9.17) is 0 Å². The highest BCUT2D eigenvalue weighted by molar-refractivity contribution is 6.22. The van der Waals surface area contributed by atoms with E-state index in [9.17, 15) is 19.2 Å². The van der Waals surface area contributed by atoms with Crippen molar-refractivity contribution >= 4 is 23.6 Å². The van der Waals surface area contributed by atoms with Crippen molar-refractivity contribution in [2.24, 2.45) is 5.92 Å². The predicted molar refractivity (Wildman–Crippen MR) is 104 cm³/mol. The number of amides is 4. The predicted octanol–water partition coefficient (Wildman–Crippen LogP) is 2.02. The number of imide groups is 1. The SMILES string of the molecule is CC(C)C(=O)N1CCN(C(=O)c2ccc3c(c2)C(=O)N(C(C)(C)C)C3=O)CC1. The van der Waals surface area contributed by atoms with Crippen LogP contribution in [0.2, 0.25) is 0 Å². The van der Waals surface area contributed by atoms with Gasteiger partial charge in [-0.1, -0.05) is 13.8 Å². The second-order valence-corrected chi connectivity index (χ2v) is 8.65. The molecule has 0 spiro atoms. The minimum atomic E-state index is -0.628. The molecule has 0 atom stereocenters. The molecule has 1 aromatic carbocycles. The molecular formula is C21H27N3O4. The Morgan fingerprint density at radius 3 is 1.96 bits per heavy atom. The first-order valence-electron chi connectivity index (χ1n) is 9.63. The Morgan fingerprint density at radius 2 is 1.43 bits per heavy atom. The molecular weight excluding hydrogens is 358 g/mol. The number of rotatable bonds is 2.